The number of nitrogens with zero attached hydrogens (tertiary/aromatic N) is 1. The molecule has 1 aromatic rings. The number of rotatable bonds is 0. The number of aryl methyl sites for hydroxylation is 1. The molecule has 18 heavy (non-hydrogen) atoms. The number of fused-ring (bicyclic) bond motifs is 2. The zero-order valence-electron chi connectivity index (χ0n) is 10.2. The van der Waals surface area contributed by atoms with E-state index >= 15 is 0 Å². The van der Waals surface area contributed by atoms with Crippen molar-refractivity contribution in [3.05, 3.63) is 23.3 Å². The number of hydrogen-bond donors (Lipinski definition) is 3. The summed E-state index contributed by atoms with van der Waals surface area (Å²) in [6.45, 7) is 2.43. The lowest BCUT2D eigenvalue weighted by Gasteiger charge is -2.25. The van der Waals surface area contributed by atoms with Gasteiger partial charge in [0.1, 0.15) is 12.0 Å². The Morgan fingerprint density at radius 3 is 3.00 bits per heavy atom. The maximum absolute atomic E-state index is 12.4. The molecule has 1 amide bonds. The quantitative estimate of drug-likeness (QED) is 0.600. The number of carbonyl (C=O) groups is 1. The van der Waals surface area contributed by atoms with Crippen LogP contribution in [-0.2, 0) is 0 Å². The van der Waals surface area contributed by atoms with Crippen LogP contribution >= 0.6 is 0 Å². The molecule has 5 nitrogen and oxygen atoms in total. The van der Waals surface area contributed by atoms with Gasteiger partial charge in [0.15, 0.2) is 0 Å². The molecular weight excluding hydrogens is 232 g/mol. The van der Waals surface area contributed by atoms with Gasteiger partial charge >= 0.3 is 0 Å². The van der Waals surface area contributed by atoms with Gasteiger partial charge in [-0.25, -0.2) is 0 Å². The molecule has 5 heteroatoms. The van der Waals surface area contributed by atoms with Crippen LogP contribution in [0, 0.1) is 6.92 Å². The average Bonchev–Trinajstić information content (AvgIpc) is 2.80. The average molecular weight is 248 g/mol. The Bertz CT molecular complexity index is 515. The molecule has 0 aromatic heterocycles. The van der Waals surface area contributed by atoms with Gasteiger partial charge < -0.3 is 20.4 Å². The van der Waals surface area contributed by atoms with E-state index in [-0.39, 0.29) is 17.7 Å². The van der Waals surface area contributed by atoms with Crippen LogP contribution in [-0.4, -0.2) is 39.8 Å². The van der Waals surface area contributed by atoms with Crippen molar-refractivity contribution in [2.24, 2.45) is 0 Å². The van der Waals surface area contributed by atoms with Gasteiger partial charge in [-0.3, -0.25) is 4.79 Å². The standard InChI is InChI=1S/C13H16N2O3/c1-7-4-5-8-10(11(7)16)14-12(17)9-3-2-6-15(9)13(8)18/h4-5,9,12,14,16-17H,2-3,6H2,1H3. The van der Waals surface area contributed by atoms with E-state index in [1.807, 2.05) is 0 Å². The van der Waals surface area contributed by atoms with E-state index in [9.17, 15) is 15.0 Å². The van der Waals surface area contributed by atoms with Crippen LogP contribution in [0.5, 0.6) is 5.75 Å². The van der Waals surface area contributed by atoms with Crippen molar-refractivity contribution in [3.8, 4) is 5.75 Å². The number of phenols is 1. The summed E-state index contributed by atoms with van der Waals surface area (Å²) in [5, 5.41) is 23.0. The van der Waals surface area contributed by atoms with Gasteiger partial charge in [0, 0.05) is 6.54 Å². The molecule has 2 atom stereocenters. The lowest BCUT2D eigenvalue weighted by Crippen LogP contribution is -2.43. The number of anilines is 1. The van der Waals surface area contributed by atoms with E-state index in [0.717, 1.165) is 12.8 Å². The molecule has 96 valence electrons. The van der Waals surface area contributed by atoms with Crippen molar-refractivity contribution in [2.75, 3.05) is 11.9 Å². The zero-order chi connectivity index (χ0) is 12.9. The number of aliphatic hydroxyl groups is 1. The molecule has 2 unspecified atom stereocenters. The first-order chi connectivity index (χ1) is 8.59. The lowest BCUT2D eigenvalue weighted by atomic mass is 10.1. The van der Waals surface area contributed by atoms with Crippen LogP contribution in [0.1, 0.15) is 28.8 Å². The molecule has 3 N–H and O–H groups in total. The van der Waals surface area contributed by atoms with E-state index in [1.165, 1.54) is 0 Å². The Hall–Kier alpha value is -1.75. The predicted molar refractivity (Wildman–Crippen MR) is 66.5 cm³/mol. The molecule has 0 radical (unpaired) electrons. The summed E-state index contributed by atoms with van der Waals surface area (Å²) >= 11 is 0. The van der Waals surface area contributed by atoms with E-state index < -0.39 is 6.23 Å². The van der Waals surface area contributed by atoms with Crippen LogP contribution < -0.4 is 5.32 Å². The molecule has 3 rings (SSSR count). The minimum absolute atomic E-state index is 0.0427. The summed E-state index contributed by atoms with van der Waals surface area (Å²) in [6.07, 6.45) is 0.862. The minimum atomic E-state index is -0.828. The lowest BCUT2D eigenvalue weighted by molar-refractivity contribution is 0.0581. The summed E-state index contributed by atoms with van der Waals surface area (Å²) in [5.74, 6) is -0.0760. The maximum Gasteiger partial charge on any atom is 0.256 e. The SMILES string of the molecule is Cc1ccc2c(c1O)NC(O)C1CCCN1C2=O. The number of aromatic hydroxyl groups is 1. The Kier molecular flexibility index (Phi) is 2.45. The number of carbonyl (C=O) groups excluding carboxylic acids is 1. The highest BCUT2D eigenvalue weighted by Gasteiger charge is 2.39. The summed E-state index contributed by atoms with van der Waals surface area (Å²) in [4.78, 5) is 14.1. The third-order valence-corrected chi connectivity index (χ3v) is 3.83. The number of amides is 1. The molecule has 0 aliphatic carbocycles. The van der Waals surface area contributed by atoms with Gasteiger partial charge in [-0.15, -0.1) is 0 Å². The van der Waals surface area contributed by atoms with Gasteiger partial charge in [0.25, 0.3) is 5.91 Å². The highest BCUT2D eigenvalue weighted by atomic mass is 16.3. The highest BCUT2D eigenvalue weighted by molar-refractivity contribution is 6.02. The number of benzene rings is 1. The Morgan fingerprint density at radius 1 is 1.44 bits per heavy atom. The van der Waals surface area contributed by atoms with Crippen molar-refractivity contribution >= 4 is 11.6 Å². The fraction of sp³-hybridized carbons (Fsp3) is 0.462. The number of hydrogen-bond acceptors (Lipinski definition) is 4. The first kappa shape index (κ1) is 11.3. The molecule has 1 aromatic carbocycles. The number of phenolic OH excluding ortho intramolecular Hbond substituents is 1. The van der Waals surface area contributed by atoms with Gasteiger partial charge in [0.05, 0.1) is 17.3 Å². The monoisotopic (exact) mass is 248 g/mol. The predicted octanol–water partition coefficient (Wildman–Crippen LogP) is 1.05. The van der Waals surface area contributed by atoms with Gasteiger partial charge in [0.2, 0.25) is 0 Å². The van der Waals surface area contributed by atoms with E-state index in [0.29, 0.717) is 23.4 Å². The molecule has 0 bridgehead atoms. The summed E-state index contributed by atoms with van der Waals surface area (Å²) < 4.78 is 0. The van der Waals surface area contributed by atoms with Crippen LogP contribution in [0.15, 0.2) is 12.1 Å². The summed E-state index contributed by atoms with van der Waals surface area (Å²) in [5.41, 5.74) is 1.46. The zero-order valence-corrected chi connectivity index (χ0v) is 10.2. The molecule has 2 aliphatic heterocycles. The van der Waals surface area contributed by atoms with E-state index in [4.69, 9.17) is 0 Å². The van der Waals surface area contributed by atoms with Crippen LogP contribution in [0.4, 0.5) is 5.69 Å². The van der Waals surface area contributed by atoms with E-state index in [2.05, 4.69) is 5.32 Å². The fourth-order valence-corrected chi connectivity index (χ4v) is 2.79. The molecule has 2 aliphatic rings. The van der Waals surface area contributed by atoms with Crippen molar-refractivity contribution < 1.29 is 15.0 Å². The minimum Gasteiger partial charge on any atom is -0.505 e. The van der Waals surface area contributed by atoms with Crippen LogP contribution in [0.25, 0.3) is 0 Å². The highest BCUT2D eigenvalue weighted by Crippen LogP contribution is 2.37. The fourth-order valence-electron chi connectivity index (χ4n) is 2.79. The summed E-state index contributed by atoms with van der Waals surface area (Å²) in [7, 11) is 0. The largest absolute Gasteiger partial charge is 0.505 e. The Labute approximate surface area is 105 Å². The third-order valence-electron chi connectivity index (χ3n) is 3.83. The van der Waals surface area contributed by atoms with Crippen molar-refractivity contribution in [1.82, 2.24) is 4.90 Å². The van der Waals surface area contributed by atoms with Crippen molar-refractivity contribution in [1.29, 1.82) is 0 Å². The Morgan fingerprint density at radius 2 is 2.22 bits per heavy atom. The van der Waals surface area contributed by atoms with Gasteiger partial charge in [-0.2, -0.15) is 0 Å². The second kappa shape index (κ2) is 3.88. The maximum atomic E-state index is 12.4. The van der Waals surface area contributed by atoms with Gasteiger partial charge in [-0.1, -0.05) is 6.07 Å². The summed E-state index contributed by atoms with van der Waals surface area (Å²) in [6, 6.07) is 3.22. The van der Waals surface area contributed by atoms with Gasteiger partial charge in [-0.05, 0) is 31.4 Å². The molecular formula is C13H16N2O3. The molecule has 2 heterocycles. The first-order valence-corrected chi connectivity index (χ1v) is 6.17. The molecule has 0 spiro atoms. The van der Waals surface area contributed by atoms with E-state index in [1.54, 1.807) is 24.0 Å². The smallest absolute Gasteiger partial charge is 0.256 e. The second-order valence-corrected chi connectivity index (χ2v) is 4.95. The molecule has 1 fully saturated rings. The number of nitrogens with one attached hydrogen (secondary N) is 1. The third kappa shape index (κ3) is 1.47. The topological polar surface area (TPSA) is 72.8 Å². The van der Waals surface area contributed by atoms with Crippen LogP contribution in [0.2, 0.25) is 0 Å². The van der Waals surface area contributed by atoms with Crippen LogP contribution in [0.3, 0.4) is 0 Å². The van der Waals surface area contributed by atoms with Crippen molar-refractivity contribution in [2.45, 2.75) is 32.0 Å². The normalized spacial score (nSPS) is 26.3. The first-order valence-electron chi connectivity index (χ1n) is 6.17. The van der Waals surface area contributed by atoms with Crippen molar-refractivity contribution in [3.63, 3.8) is 0 Å². The molecule has 1 saturated heterocycles. The molecule has 0 saturated carbocycles. The Balaban J connectivity index is 2.14. The second-order valence-electron chi connectivity index (χ2n) is 4.95. The number of aliphatic hydroxyl groups excluding tert-OH is 1.